The fourth-order valence-corrected chi connectivity index (χ4v) is 7.81. The minimum Gasteiger partial charge on any atom is -0.309 e. The van der Waals surface area contributed by atoms with E-state index in [0.717, 1.165) is 27.8 Å². The molecule has 0 spiro atoms. The lowest BCUT2D eigenvalue weighted by molar-refractivity contribution is 1.11. The van der Waals surface area contributed by atoms with Crippen LogP contribution in [0.4, 0.5) is 0 Å². The number of rotatable bonds is 6. The molecular formula is C48H33N. The Bertz CT molecular complexity index is 2680. The predicted octanol–water partition coefficient (Wildman–Crippen LogP) is 13.4. The first-order chi connectivity index (χ1) is 24.2. The Balaban J connectivity index is 1.27. The second-order valence-electron chi connectivity index (χ2n) is 12.6. The molecule has 49 heavy (non-hydrogen) atoms. The Morgan fingerprint density at radius 3 is 1.67 bits per heavy atom. The third-order valence-corrected chi connectivity index (χ3v) is 9.93. The van der Waals surface area contributed by atoms with Crippen molar-refractivity contribution in [1.29, 1.82) is 0 Å². The summed E-state index contributed by atoms with van der Waals surface area (Å²) >= 11 is 0. The molecule has 0 atom stereocenters. The average molecular weight is 624 g/mol. The van der Waals surface area contributed by atoms with Crippen LogP contribution in [-0.2, 0) is 0 Å². The van der Waals surface area contributed by atoms with Gasteiger partial charge in [-0.15, -0.1) is 0 Å². The largest absolute Gasteiger partial charge is 0.309 e. The van der Waals surface area contributed by atoms with Crippen LogP contribution in [-0.4, -0.2) is 4.57 Å². The van der Waals surface area contributed by atoms with Gasteiger partial charge in [0.1, 0.15) is 0 Å². The molecule has 0 saturated heterocycles. The Morgan fingerprint density at radius 2 is 0.980 bits per heavy atom. The predicted molar refractivity (Wildman–Crippen MR) is 212 cm³/mol. The maximum Gasteiger partial charge on any atom is 0.0541 e. The molecule has 8 aromatic carbocycles. The van der Waals surface area contributed by atoms with Crippen molar-refractivity contribution >= 4 is 55.4 Å². The van der Waals surface area contributed by atoms with Crippen LogP contribution in [0, 0.1) is 0 Å². The zero-order chi connectivity index (χ0) is 32.9. The molecule has 1 nitrogen and oxygen atoms in total. The van der Waals surface area contributed by atoms with Gasteiger partial charge in [0.05, 0.1) is 11.2 Å². The van der Waals surface area contributed by atoms with E-state index in [0.29, 0.717) is 0 Å². The fraction of sp³-hybridized carbons (Fsp3) is 0. The van der Waals surface area contributed by atoms with Crippen LogP contribution in [0.1, 0.15) is 11.3 Å². The van der Waals surface area contributed by atoms with E-state index in [4.69, 9.17) is 0 Å². The van der Waals surface area contributed by atoms with Crippen molar-refractivity contribution in [3.8, 4) is 39.1 Å². The molecule has 0 aliphatic rings. The van der Waals surface area contributed by atoms with Gasteiger partial charge in [-0.2, -0.15) is 0 Å². The van der Waals surface area contributed by atoms with Gasteiger partial charge in [-0.05, 0) is 102 Å². The highest BCUT2D eigenvalue weighted by atomic mass is 15.0. The molecule has 9 rings (SSSR count). The molecule has 0 radical (unpaired) electrons. The summed E-state index contributed by atoms with van der Waals surface area (Å²) in [4.78, 5) is 0. The van der Waals surface area contributed by atoms with Gasteiger partial charge in [0.15, 0.2) is 0 Å². The monoisotopic (exact) mass is 623 g/mol. The van der Waals surface area contributed by atoms with Crippen LogP contribution in [0.5, 0.6) is 0 Å². The lowest BCUT2D eigenvalue weighted by Gasteiger charge is -2.19. The molecule has 0 fully saturated rings. The van der Waals surface area contributed by atoms with Gasteiger partial charge in [-0.25, -0.2) is 0 Å². The molecule has 1 heterocycles. The summed E-state index contributed by atoms with van der Waals surface area (Å²) < 4.78 is 2.27. The fourth-order valence-electron chi connectivity index (χ4n) is 7.81. The maximum absolute atomic E-state index is 4.20. The summed E-state index contributed by atoms with van der Waals surface area (Å²) in [5.74, 6) is 0. The van der Waals surface area contributed by atoms with Gasteiger partial charge in [-0.3, -0.25) is 0 Å². The second kappa shape index (κ2) is 11.7. The minimum absolute atomic E-state index is 1.05. The van der Waals surface area contributed by atoms with Crippen molar-refractivity contribution in [2.75, 3.05) is 0 Å². The first kappa shape index (κ1) is 28.8. The van der Waals surface area contributed by atoms with Gasteiger partial charge in [-0.1, -0.05) is 153 Å². The second-order valence-corrected chi connectivity index (χ2v) is 12.6. The van der Waals surface area contributed by atoms with E-state index in [-0.39, 0.29) is 0 Å². The van der Waals surface area contributed by atoms with Crippen LogP contribution in [0.2, 0.25) is 0 Å². The molecule has 9 aromatic rings. The van der Waals surface area contributed by atoms with E-state index in [1.54, 1.807) is 0 Å². The summed E-state index contributed by atoms with van der Waals surface area (Å²) in [7, 11) is 0. The summed E-state index contributed by atoms with van der Waals surface area (Å²) in [6.07, 6.45) is 3.89. The van der Waals surface area contributed by atoms with Gasteiger partial charge in [0, 0.05) is 16.6 Å². The third-order valence-electron chi connectivity index (χ3n) is 9.93. The van der Waals surface area contributed by atoms with E-state index in [2.05, 4.69) is 175 Å². The number of para-hydroxylation sites is 1. The van der Waals surface area contributed by atoms with Crippen molar-refractivity contribution in [1.82, 2.24) is 4.57 Å². The average Bonchev–Trinajstić information content (AvgIpc) is 3.50. The van der Waals surface area contributed by atoms with E-state index in [1.807, 2.05) is 18.2 Å². The SMILES string of the molecule is C=Cc1c(C=C)n(-c2ccccc2)c2ccc(-c3cccc(-c4c5ccccc5c(-c5cccc6ccccc56)c5ccccc45)c3)cc12. The van der Waals surface area contributed by atoms with Crippen molar-refractivity contribution in [3.05, 3.63) is 188 Å². The summed E-state index contributed by atoms with van der Waals surface area (Å²) in [6, 6.07) is 59.4. The zero-order valence-electron chi connectivity index (χ0n) is 27.1. The topological polar surface area (TPSA) is 4.93 Å². The standard InChI is InChI=1S/C48H33N/c1-3-37-44-31-34(28-29-46(44)49(45(37)4-2)36-20-6-5-7-21-36)33-18-14-19-35(30-33)47-40-23-10-12-25-42(40)48(43-26-13-11-24-41(43)47)39-27-15-17-32-16-8-9-22-38(32)39/h3-31H,1-2H2. The van der Waals surface area contributed by atoms with Crippen molar-refractivity contribution in [2.24, 2.45) is 0 Å². The first-order valence-corrected chi connectivity index (χ1v) is 16.8. The van der Waals surface area contributed by atoms with Crippen LogP contribution in [0.15, 0.2) is 177 Å². The molecule has 0 amide bonds. The molecule has 1 heteroatoms. The summed E-state index contributed by atoms with van der Waals surface area (Å²) in [6.45, 7) is 8.36. The number of nitrogens with zero attached hydrogens (tertiary/aromatic N) is 1. The molecule has 0 N–H and O–H groups in total. The van der Waals surface area contributed by atoms with Gasteiger partial charge in [0.2, 0.25) is 0 Å². The number of fused-ring (bicyclic) bond motifs is 4. The molecule has 0 aliphatic carbocycles. The van der Waals surface area contributed by atoms with E-state index in [9.17, 15) is 0 Å². The van der Waals surface area contributed by atoms with Crippen LogP contribution in [0.3, 0.4) is 0 Å². The van der Waals surface area contributed by atoms with Crippen molar-refractivity contribution < 1.29 is 0 Å². The highest BCUT2D eigenvalue weighted by molar-refractivity contribution is 6.23. The molecular weight excluding hydrogens is 591 g/mol. The number of benzene rings is 8. The number of hydrogen-bond donors (Lipinski definition) is 0. The number of aromatic nitrogens is 1. The van der Waals surface area contributed by atoms with Gasteiger partial charge < -0.3 is 4.57 Å². The number of hydrogen-bond acceptors (Lipinski definition) is 0. The highest BCUT2D eigenvalue weighted by Gasteiger charge is 2.19. The van der Waals surface area contributed by atoms with Crippen LogP contribution in [0.25, 0.3) is 94.4 Å². The summed E-state index contributed by atoms with van der Waals surface area (Å²) in [5.41, 5.74) is 11.7. The quantitative estimate of drug-likeness (QED) is 0.162. The molecule has 0 saturated carbocycles. The molecule has 0 bridgehead atoms. The molecule has 0 unspecified atom stereocenters. The van der Waals surface area contributed by atoms with Gasteiger partial charge >= 0.3 is 0 Å². The van der Waals surface area contributed by atoms with Crippen LogP contribution >= 0.6 is 0 Å². The molecule has 0 aliphatic heterocycles. The highest BCUT2D eigenvalue weighted by Crippen LogP contribution is 2.46. The normalized spacial score (nSPS) is 11.4. The lowest BCUT2D eigenvalue weighted by atomic mass is 9.84. The van der Waals surface area contributed by atoms with Gasteiger partial charge in [0.25, 0.3) is 0 Å². The Kier molecular flexibility index (Phi) is 6.85. The minimum atomic E-state index is 1.05. The Hall–Kier alpha value is -6.44. The Morgan fingerprint density at radius 1 is 0.408 bits per heavy atom. The zero-order valence-corrected chi connectivity index (χ0v) is 27.1. The van der Waals surface area contributed by atoms with Crippen molar-refractivity contribution in [2.45, 2.75) is 0 Å². The lowest BCUT2D eigenvalue weighted by Crippen LogP contribution is -1.96. The molecule has 230 valence electrons. The van der Waals surface area contributed by atoms with Crippen LogP contribution < -0.4 is 0 Å². The third kappa shape index (κ3) is 4.55. The molecule has 1 aromatic heterocycles. The van der Waals surface area contributed by atoms with E-state index < -0.39 is 0 Å². The smallest absolute Gasteiger partial charge is 0.0541 e. The Labute approximate surface area is 286 Å². The van der Waals surface area contributed by atoms with E-state index >= 15 is 0 Å². The summed E-state index contributed by atoms with van der Waals surface area (Å²) in [5, 5.41) is 8.70. The van der Waals surface area contributed by atoms with Crippen molar-refractivity contribution in [3.63, 3.8) is 0 Å². The maximum atomic E-state index is 4.20. The van der Waals surface area contributed by atoms with E-state index in [1.165, 1.54) is 65.7 Å². The first-order valence-electron chi connectivity index (χ1n) is 16.8.